The van der Waals surface area contributed by atoms with Crippen LogP contribution in [0.15, 0.2) is 24.3 Å². The quantitative estimate of drug-likeness (QED) is 0.798. The molecule has 4 rings (SSSR count). The first-order valence-corrected chi connectivity index (χ1v) is 9.88. The predicted octanol–water partition coefficient (Wildman–Crippen LogP) is 2.25. The first-order valence-electron chi connectivity index (χ1n) is 9.88. The Bertz CT molecular complexity index is 821. The summed E-state index contributed by atoms with van der Waals surface area (Å²) >= 11 is 0. The van der Waals surface area contributed by atoms with Gasteiger partial charge in [0.1, 0.15) is 5.54 Å². The third kappa shape index (κ3) is 2.32. The zero-order valence-corrected chi connectivity index (χ0v) is 16.3. The topological polar surface area (TPSA) is 78.5 Å². The summed E-state index contributed by atoms with van der Waals surface area (Å²) in [5, 5.41) is 6.39. The zero-order valence-electron chi connectivity index (χ0n) is 16.3. The van der Waals surface area contributed by atoms with E-state index in [-0.39, 0.29) is 29.8 Å². The van der Waals surface area contributed by atoms with E-state index in [9.17, 15) is 14.4 Å². The first kappa shape index (κ1) is 18.2. The Morgan fingerprint density at radius 1 is 1.11 bits per heavy atom. The number of benzene rings is 1. The molecule has 3 aliphatic heterocycles. The van der Waals surface area contributed by atoms with E-state index in [1.807, 2.05) is 38.1 Å². The third-order valence-electron chi connectivity index (χ3n) is 6.41. The summed E-state index contributed by atoms with van der Waals surface area (Å²) in [6.07, 6.45) is 1.45. The van der Waals surface area contributed by atoms with Gasteiger partial charge in [-0.2, -0.15) is 0 Å². The number of hydrogen-bond donors (Lipinski definition) is 2. The van der Waals surface area contributed by atoms with Crippen molar-refractivity contribution in [1.29, 1.82) is 0 Å². The monoisotopic (exact) mass is 369 g/mol. The number of carbonyl (C=O) groups is 3. The maximum absolute atomic E-state index is 13.4. The number of fused-ring (bicyclic) bond motifs is 4. The maximum Gasteiger partial charge on any atom is 0.250 e. The van der Waals surface area contributed by atoms with Crippen LogP contribution in [0, 0.1) is 17.8 Å². The van der Waals surface area contributed by atoms with Crippen molar-refractivity contribution >= 4 is 23.4 Å². The summed E-state index contributed by atoms with van der Waals surface area (Å²) in [7, 11) is 0. The second-order valence-electron chi connectivity index (χ2n) is 8.50. The van der Waals surface area contributed by atoms with Gasteiger partial charge in [-0.25, -0.2) is 0 Å². The Hall–Kier alpha value is -2.21. The molecular formula is C21H27N3O3. The highest BCUT2D eigenvalue weighted by Crippen LogP contribution is 2.53. The van der Waals surface area contributed by atoms with Gasteiger partial charge in [0.05, 0.1) is 11.8 Å². The van der Waals surface area contributed by atoms with E-state index in [1.165, 1.54) is 4.90 Å². The van der Waals surface area contributed by atoms with Crippen molar-refractivity contribution in [1.82, 2.24) is 10.2 Å². The van der Waals surface area contributed by atoms with Gasteiger partial charge in [0, 0.05) is 23.3 Å². The lowest BCUT2D eigenvalue weighted by molar-refractivity contribution is -0.145. The van der Waals surface area contributed by atoms with Crippen molar-refractivity contribution in [3.63, 3.8) is 0 Å². The van der Waals surface area contributed by atoms with Crippen LogP contribution >= 0.6 is 0 Å². The predicted molar refractivity (Wildman–Crippen MR) is 102 cm³/mol. The van der Waals surface area contributed by atoms with Crippen LogP contribution in [0.4, 0.5) is 5.69 Å². The molecule has 0 aliphatic carbocycles. The van der Waals surface area contributed by atoms with Crippen molar-refractivity contribution in [3.8, 4) is 0 Å². The molecule has 1 spiro atoms. The number of imide groups is 1. The fourth-order valence-electron chi connectivity index (χ4n) is 5.11. The number of para-hydroxylation sites is 1. The van der Waals surface area contributed by atoms with Crippen LogP contribution in [-0.4, -0.2) is 34.7 Å². The van der Waals surface area contributed by atoms with E-state index in [4.69, 9.17) is 0 Å². The highest BCUT2D eigenvalue weighted by Gasteiger charge is 2.70. The standard InChI is InChI=1S/C21H27N3O3/c1-5-12(4)24-18(25)16-15(10-11(2)3)23-21(17(16)19(24)26)13-8-6-7-9-14(13)22-20(21)27/h6-9,11-12,15-17,23H,5,10H2,1-4H3,(H,22,27)/t12-,15-,16-,17+,21-/m1/s1. The summed E-state index contributed by atoms with van der Waals surface area (Å²) in [5.74, 6) is -1.41. The van der Waals surface area contributed by atoms with Gasteiger partial charge in [-0.1, -0.05) is 39.0 Å². The van der Waals surface area contributed by atoms with Crippen molar-refractivity contribution < 1.29 is 14.4 Å². The van der Waals surface area contributed by atoms with E-state index in [0.29, 0.717) is 12.3 Å². The van der Waals surface area contributed by atoms with E-state index < -0.39 is 17.4 Å². The molecular weight excluding hydrogens is 342 g/mol. The van der Waals surface area contributed by atoms with E-state index >= 15 is 0 Å². The Labute approximate surface area is 159 Å². The maximum atomic E-state index is 13.4. The molecule has 0 aromatic heterocycles. The molecule has 6 nitrogen and oxygen atoms in total. The Balaban J connectivity index is 1.87. The van der Waals surface area contributed by atoms with Gasteiger partial charge in [0.25, 0.3) is 0 Å². The van der Waals surface area contributed by atoms with Crippen molar-refractivity contribution in [2.75, 3.05) is 5.32 Å². The number of anilines is 1. The third-order valence-corrected chi connectivity index (χ3v) is 6.41. The molecule has 27 heavy (non-hydrogen) atoms. The average Bonchev–Trinajstić information content (AvgIpc) is 3.19. The van der Waals surface area contributed by atoms with Crippen LogP contribution in [0.2, 0.25) is 0 Å². The molecule has 1 aromatic carbocycles. The molecule has 0 unspecified atom stereocenters. The molecule has 2 fully saturated rings. The Kier molecular flexibility index (Phi) is 4.14. The summed E-state index contributed by atoms with van der Waals surface area (Å²) in [4.78, 5) is 41.3. The minimum absolute atomic E-state index is 0.133. The van der Waals surface area contributed by atoms with E-state index in [2.05, 4.69) is 24.5 Å². The first-order chi connectivity index (χ1) is 12.8. The Morgan fingerprint density at radius 3 is 2.48 bits per heavy atom. The highest BCUT2D eigenvalue weighted by molar-refractivity contribution is 6.15. The lowest BCUT2D eigenvalue weighted by atomic mass is 9.76. The lowest BCUT2D eigenvalue weighted by Gasteiger charge is -2.31. The SMILES string of the molecule is CC[C@@H](C)N1C(=O)[C@H]2[C@@H](C1=O)[C@@]1(N[C@@H]2CC(C)C)C(=O)Nc2ccccc21. The van der Waals surface area contributed by atoms with Gasteiger partial charge in [-0.15, -0.1) is 0 Å². The van der Waals surface area contributed by atoms with E-state index in [1.54, 1.807) is 0 Å². The number of likely N-dealkylation sites (tertiary alicyclic amines) is 1. The minimum Gasteiger partial charge on any atom is -0.324 e. The largest absolute Gasteiger partial charge is 0.324 e. The zero-order chi connectivity index (χ0) is 19.5. The molecule has 0 saturated carbocycles. The molecule has 5 atom stereocenters. The van der Waals surface area contributed by atoms with Crippen molar-refractivity contribution in [2.24, 2.45) is 17.8 Å². The van der Waals surface area contributed by atoms with Crippen LogP contribution < -0.4 is 10.6 Å². The summed E-state index contributed by atoms with van der Waals surface area (Å²) < 4.78 is 0. The van der Waals surface area contributed by atoms with Gasteiger partial charge < -0.3 is 5.32 Å². The Morgan fingerprint density at radius 2 is 1.81 bits per heavy atom. The van der Waals surface area contributed by atoms with Crippen LogP contribution in [0.1, 0.15) is 46.1 Å². The number of nitrogens with one attached hydrogen (secondary N) is 2. The number of hydrogen-bond acceptors (Lipinski definition) is 4. The van der Waals surface area contributed by atoms with Gasteiger partial charge >= 0.3 is 0 Å². The number of carbonyl (C=O) groups excluding carboxylic acids is 3. The summed E-state index contributed by atoms with van der Waals surface area (Å²) in [5.41, 5.74) is 0.347. The summed E-state index contributed by atoms with van der Waals surface area (Å²) in [6, 6.07) is 7.12. The lowest BCUT2D eigenvalue weighted by Crippen LogP contribution is -2.54. The highest BCUT2D eigenvalue weighted by atomic mass is 16.2. The second-order valence-corrected chi connectivity index (χ2v) is 8.50. The molecule has 6 heteroatoms. The molecule has 2 saturated heterocycles. The van der Waals surface area contributed by atoms with Crippen LogP contribution in [0.5, 0.6) is 0 Å². The van der Waals surface area contributed by atoms with Crippen molar-refractivity contribution in [3.05, 3.63) is 29.8 Å². The molecule has 2 N–H and O–H groups in total. The van der Waals surface area contributed by atoms with Gasteiger partial charge in [0.15, 0.2) is 0 Å². The minimum atomic E-state index is -1.16. The molecule has 3 amide bonds. The molecule has 0 bridgehead atoms. The molecule has 3 heterocycles. The van der Waals surface area contributed by atoms with Gasteiger partial charge in [-0.3, -0.25) is 24.6 Å². The van der Waals surface area contributed by atoms with Crippen LogP contribution in [0.3, 0.4) is 0 Å². The molecule has 144 valence electrons. The fourth-order valence-corrected chi connectivity index (χ4v) is 5.11. The summed E-state index contributed by atoms with van der Waals surface area (Å²) in [6.45, 7) is 8.06. The van der Waals surface area contributed by atoms with E-state index in [0.717, 1.165) is 17.7 Å². The second kappa shape index (κ2) is 6.16. The number of amides is 3. The molecule has 3 aliphatic rings. The normalized spacial score (nSPS) is 33.0. The fraction of sp³-hybridized carbons (Fsp3) is 0.571. The molecule has 1 aromatic rings. The van der Waals surface area contributed by atoms with Crippen molar-refractivity contribution in [2.45, 2.75) is 58.2 Å². The smallest absolute Gasteiger partial charge is 0.250 e. The van der Waals surface area contributed by atoms with Gasteiger partial charge in [0.2, 0.25) is 17.7 Å². The van der Waals surface area contributed by atoms with Crippen LogP contribution in [0.25, 0.3) is 0 Å². The number of rotatable bonds is 4. The van der Waals surface area contributed by atoms with Crippen LogP contribution in [-0.2, 0) is 19.9 Å². The molecule has 0 radical (unpaired) electrons. The average molecular weight is 369 g/mol. The number of nitrogens with zero attached hydrogens (tertiary/aromatic N) is 1. The van der Waals surface area contributed by atoms with Gasteiger partial charge in [-0.05, 0) is 31.7 Å².